The van der Waals surface area contributed by atoms with E-state index in [1.54, 1.807) is 0 Å². The molecule has 0 aromatic carbocycles. The number of ether oxygens (including phenoxy) is 2. The van der Waals surface area contributed by atoms with Crippen molar-refractivity contribution in [3.05, 3.63) is 22.7 Å². The fourth-order valence-electron chi connectivity index (χ4n) is 6.48. The summed E-state index contributed by atoms with van der Waals surface area (Å²) in [5, 5.41) is 43.0. The molecule has 0 radical (unpaired) electrons. The van der Waals surface area contributed by atoms with E-state index in [1.807, 2.05) is 5.32 Å². The van der Waals surface area contributed by atoms with Crippen LogP contribution in [0.5, 0.6) is 0 Å². The van der Waals surface area contributed by atoms with E-state index >= 15 is 0 Å². The third kappa shape index (κ3) is 21.2. The molecule has 398 valence electrons. The zero-order chi connectivity index (χ0) is 52.0. The molecule has 3 amide bonds. The lowest BCUT2D eigenvalue weighted by molar-refractivity contribution is -0.125. The van der Waals surface area contributed by atoms with E-state index in [2.05, 4.69) is 110 Å². The summed E-state index contributed by atoms with van der Waals surface area (Å²) in [6, 6.07) is 0.297. The molecular weight excluding hydrogens is 969 g/mol. The molecule has 0 saturated carbocycles. The Labute approximate surface area is 397 Å². The van der Waals surface area contributed by atoms with Gasteiger partial charge in [0.05, 0.1) is 20.3 Å². The Morgan fingerprint density at radius 1 is 0.676 bits per heavy atom. The molecule has 1 aromatic rings. The number of hydrogen-bond acceptors (Lipinski definition) is 22. The zero-order valence-electron chi connectivity index (χ0n) is 40.4. The molecule has 0 bridgehead atoms. The number of phosphoric ester groups is 2. The number of aliphatic hydroxyl groups is 4. The highest BCUT2D eigenvalue weighted by atomic mass is 31.3. The maximum Gasteiger partial charge on any atom is 0.490 e. The summed E-state index contributed by atoms with van der Waals surface area (Å²) in [5.41, 5.74) is 1.33. The van der Waals surface area contributed by atoms with Gasteiger partial charge in [0, 0.05) is 19.2 Å². The van der Waals surface area contributed by atoms with Crippen molar-refractivity contribution in [3.63, 3.8) is 0 Å². The predicted octanol–water partition coefficient (Wildman–Crippen LogP) is 0.636. The minimum atomic E-state index is -5.98. The van der Waals surface area contributed by atoms with Crippen molar-refractivity contribution in [3.8, 4) is 0 Å². The molecule has 3 aliphatic heterocycles. The van der Waals surface area contributed by atoms with Gasteiger partial charge in [-0.1, -0.05) is 62.3 Å². The quantitative estimate of drug-likeness (QED) is 0.0536. The van der Waals surface area contributed by atoms with E-state index in [9.17, 15) is 63.2 Å². The highest BCUT2D eigenvalue weighted by molar-refractivity contribution is 7.66. The standard InChI is InChI=1S/C19H30N5O20P3.3C6H15N/c1-38-22-10-2-4-23(18(30)20-10)16-14(28)12(26)8(41-16)6-39-45(32,33)43-47(36,37)44-46(34,35)40-7-9-13(27)15(29)17(42-9)24-5-3-11(25)21-19(24)31;3*1-4-7(5-2)6-3/h2,4,8-9,12-17,26-29H,3,5-7H2,1H3,(H,32,33)(H,34,35)(H,36,37)(H,20,22,30)(H,21,25,31);3*4-6H2,1-3H3. The van der Waals surface area contributed by atoms with Crippen molar-refractivity contribution >= 4 is 41.2 Å². The third-order valence-corrected chi connectivity index (χ3v) is 14.9. The summed E-state index contributed by atoms with van der Waals surface area (Å²) >= 11 is 0. The number of nitrogens with one attached hydrogen (secondary N) is 2. The second-order valence-corrected chi connectivity index (χ2v) is 19.4. The highest BCUT2D eigenvalue weighted by Gasteiger charge is 2.50. The lowest BCUT2D eigenvalue weighted by atomic mass is 10.1. The molecule has 4 rings (SSSR count). The van der Waals surface area contributed by atoms with Crippen molar-refractivity contribution < 1.29 is 90.4 Å². The van der Waals surface area contributed by atoms with E-state index in [0.29, 0.717) is 0 Å². The summed E-state index contributed by atoms with van der Waals surface area (Å²) in [4.78, 5) is 81.4. The molecule has 4 heterocycles. The van der Waals surface area contributed by atoms with Gasteiger partial charge in [-0.3, -0.25) is 33.5 Å². The van der Waals surface area contributed by atoms with Gasteiger partial charge in [-0.05, 0) is 65.0 Å². The van der Waals surface area contributed by atoms with Crippen molar-refractivity contribution in [1.29, 1.82) is 0 Å². The zero-order valence-corrected chi connectivity index (χ0v) is 43.1. The largest absolute Gasteiger partial charge is 0.490 e. The van der Waals surface area contributed by atoms with Gasteiger partial charge in [0.25, 0.3) is 0 Å². The van der Waals surface area contributed by atoms with Crippen LogP contribution in [0.15, 0.2) is 17.1 Å². The number of carbonyl (C=O) groups is 2. The minimum absolute atomic E-state index is 0.00612. The van der Waals surface area contributed by atoms with Gasteiger partial charge in [0.1, 0.15) is 36.6 Å². The van der Waals surface area contributed by atoms with E-state index in [-0.39, 0.29) is 18.8 Å². The maximum absolute atomic E-state index is 12.3. The van der Waals surface area contributed by atoms with Gasteiger partial charge in [-0.15, -0.1) is 0 Å². The number of carbonyl (C=O) groups excluding carboxylic acids is 2. The molecule has 1 aromatic heterocycles. The molecule has 68 heavy (non-hydrogen) atoms. The van der Waals surface area contributed by atoms with Crippen molar-refractivity contribution in [2.24, 2.45) is 0 Å². The summed E-state index contributed by atoms with van der Waals surface area (Å²) in [6.45, 7) is 28.0. The number of aliphatic hydroxyl groups excluding tert-OH is 4. The summed E-state index contributed by atoms with van der Waals surface area (Å²) < 4.78 is 65.1. The number of urea groups is 1. The van der Waals surface area contributed by atoms with Gasteiger partial charge in [-0.2, -0.15) is 13.6 Å². The highest BCUT2D eigenvalue weighted by Crippen LogP contribution is 2.67. The Kier molecular flexibility index (Phi) is 29.2. The average molecular weight is 1040 g/mol. The van der Waals surface area contributed by atoms with Crippen molar-refractivity contribution in [2.45, 2.75) is 118 Å². The van der Waals surface area contributed by atoms with E-state index in [1.165, 1.54) is 72.1 Å². The lowest BCUT2D eigenvalue weighted by Crippen LogP contribution is -2.56. The average Bonchev–Trinajstić information content (AvgIpc) is 3.72. The number of anilines is 1. The van der Waals surface area contributed by atoms with E-state index in [4.69, 9.17) is 9.47 Å². The van der Waals surface area contributed by atoms with Crippen LogP contribution in [-0.2, 0) is 50.5 Å². The van der Waals surface area contributed by atoms with E-state index in [0.717, 1.165) is 15.7 Å². The van der Waals surface area contributed by atoms with Crippen LogP contribution in [0.3, 0.4) is 0 Å². The molecular formula is C37H75N8O20P3. The van der Waals surface area contributed by atoms with Crippen LogP contribution in [0.2, 0.25) is 0 Å². The van der Waals surface area contributed by atoms with Gasteiger partial charge in [0.2, 0.25) is 5.91 Å². The molecule has 0 aliphatic carbocycles. The predicted molar refractivity (Wildman–Crippen MR) is 245 cm³/mol. The maximum atomic E-state index is 12.3. The molecule has 0 spiro atoms. The van der Waals surface area contributed by atoms with Gasteiger partial charge in [0.15, 0.2) is 18.3 Å². The summed E-state index contributed by atoms with van der Waals surface area (Å²) in [7, 11) is -16.1. The Morgan fingerprint density at radius 2 is 1.07 bits per heavy atom. The van der Waals surface area contributed by atoms with Gasteiger partial charge in [-0.25, -0.2) is 28.8 Å². The Bertz CT molecular complexity index is 1800. The molecule has 11 atom stereocenters. The number of aromatic nitrogens is 2. The van der Waals surface area contributed by atoms with Crippen LogP contribution in [0.1, 0.15) is 75.0 Å². The summed E-state index contributed by atoms with van der Waals surface area (Å²) in [5.74, 6) is -0.606. The first-order valence-corrected chi connectivity index (χ1v) is 26.7. The SMILES string of the molecule is CCN(CC)CC.CCN(CC)CC.CCN(CC)CC.CONc1ccn(C2OC(COP(=O)(O)OP(=O)(O)OP(=O)(O)OCC3OC(N4CCC(=O)NC4=O)C(O)C3O)C(O)C2O)c(=O)n1. The number of phosphoric acid groups is 3. The fourth-order valence-corrected chi connectivity index (χ4v) is 10.0. The first kappa shape index (κ1) is 63.6. The van der Waals surface area contributed by atoms with Crippen LogP contribution in [-0.4, -0.2) is 205 Å². The second-order valence-electron chi connectivity index (χ2n) is 14.7. The molecule has 11 unspecified atom stereocenters. The number of imide groups is 1. The van der Waals surface area contributed by atoms with Gasteiger partial charge >= 0.3 is 35.2 Å². The van der Waals surface area contributed by atoms with Crippen LogP contribution >= 0.6 is 23.5 Å². The minimum Gasteiger partial charge on any atom is -0.387 e. The molecule has 3 fully saturated rings. The van der Waals surface area contributed by atoms with Crippen molar-refractivity contribution in [2.75, 3.05) is 91.3 Å². The Morgan fingerprint density at radius 3 is 1.43 bits per heavy atom. The van der Waals surface area contributed by atoms with Crippen LogP contribution in [0.25, 0.3) is 0 Å². The fraction of sp³-hybridized carbons (Fsp3) is 0.838. The number of hydrogen-bond donors (Lipinski definition) is 9. The smallest absolute Gasteiger partial charge is 0.387 e. The van der Waals surface area contributed by atoms with E-state index < -0.39 is 103 Å². The van der Waals surface area contributed by atoms with Crippen LogP contribution in [0.4, 0.5) is 10.6 Å². The third-order valence-electron chi connectivity index (χ3n) is 10.6. The van der Waals surface area contributed by atoms with Crippen LogP contribution in [0, 0.1) is 0 Å². The van der Waals surface area contributed by atoms with Crippen LogP contribution < -0.4 is 16.5 Å². The molecule has 31 heteroatoms. The first-order valence-electron chi connectivity index (χ1n) is 22.3. The molecule has 28 nitrogen and oxygen atoms in total. The Balaban J connectivity index is 0.000000910. The van der Waals surface area contributed by atoms with Crippen molar-refractivity contribution in [1.82, 2.24) is 34.5 Å². The second kappa shape index (κ2) is 31.2. The molecule has 9 N–H and O–H groups in total. The topological polar surface area (TPSA) is 363 Å². The number of amides is 3. The lowest BCUT2D eigenvalue weighted by Gasteiger charge is -2.32. The summed E-state index contributed by atoms with van der Waals surface area (Å²) in [6.07, 6.45) is -12.6. The number of rotatable bonds is 23. The first-order chi connectivity index (χ1) is 31.9. The monoisotopic (exact) mass is 1040 g/mol. The molecule has 3 aliphatic rings. The van der Waals surface area contributed by atoms with Gasteiger partial charge < -0.3 is 59.3 Å². The Hall–Kier alpha value is -2.37. The number of nitrogens with zero attached hydrogens (tertiary/aromatic N) is 6. The normalized spacial score (nSPS) is 26.4. The molecule has 3 saturated heterocycles.